The number of nitrogen functional groups attached to an aromatic ring is 1. The first kappa shape index (κ1) is 14.0. The van der Waals surface area contributed by atoms with E-state index >= 15 is 0 Å². The molecule has 100 valence electrons. The highest BCUT2D eigenvalue weighted by atomic mass is 127. The zero-order valence-electron chi connectivity index (χ0n) is 10.9. The molecular formula is C14H17IN4. The van der Waals surface area contributed by atoms with Gasteiger partial charge in [0.05, 0.1) is 3.57 Å². The molecule has 0 aliphatic carbocycles. The summed E-state index contributed by atoms with van der Waals surface area (Å²) in [6.45, 7) is 3.94. The van der Waals surface area contributed by atoms with E-state index in [0.717, 1.165) is 34.6 Å². The SMILES string of the molecule is CCCN(Cc1cccc(N)c1)c1ncncc1I. The van der Waals surface area contributed by atoms with Crippen LogP contribution in [0.4, 0.5) is 11.5 Å². The minimum Gasteiger partial charge on any atom is -0.399 e. The van der Waals surface area contributed by atoms with Gasteiger partial charge in [-0.2, -0.15) is 0 Å². The van der Waals surface area contributed by atoms with Gasteiger partial charge in [-0.1, -0.05) is 19.1 Å². The Hall–Kier alpha value is -1.37. The molecule has 2 rings (SSSR count). The van der Waals surface area contributed by atoms with E-state index in [1.54, 1.807) is 6.33 Å². The fraction of sp³-hybridized carbons (Fsp3) is 0.286. The number of hydrogen-bond donors (Lipinski definition) is 1. The van der Waals surface area contributed by atoms with Crippen molar-refractivity contribution in [3.05, 3.63) is 45.9 Å². The van der Waals surface area contributed by atoms with E-state index in [1.807, 2.05) is 24.4 Å². The van der Waals surface area contributed by atoms with E-state index in [0.29, 0.717) is 0 Å². The van der Waals surface area contributed by atoms with Gasteiger partial charge in [0.25, 0.3) is 0 Å². The molecule has 19 heavy (non-hydrogen) atoms. The third-order valence-electron chi connectivity index (χ3n) is 2.77. The van der Waals surface area contributed by atoms with Crippen LogP contribution in [0.5, 0.6) is 0 Å². The molecule has 0 spiro atoms. The molecule has 1 aromatic carbocycles. The first-order chi connectivity index (χ1) is 9.20. The molecule has 0 radical (unpaired) electrons. The van der Waals surface area contributed by atoms with Crippen LogP contribution in [0.3, 0.4) is 0 Å². The van der Waals surface area contributed by atoms with Crippen LogP contribution in [-0.2, 0) is 6.54 Å². The van der Waals surface area contributed by atoms with Crippen molar-refractivity contribution in [1.82, 2.24) is 9.97 Å². The molecular weight excluding hydrogens is 351 g/mol. The topological polar surface area (TPSA) is 55.0 Å². The van der Waals surface area contributed by atoms with Crippen molar-refractivity contribution in [3.8, 4) is 0 Å². The summed E-state index contributed by atoms with van der Waals surface area (Å²) in [4.78, 5) is 10.7. The number of rotatable bonds is 5. The number of benzene rings is 1. The molecule has 0 saturated carbocycles. The summed E-state index contributed by atoms with van der Waals surface area (Å²) in [5, 5.41) is 0. The summed E-state index contributed by atoms with van der Waals surface area (Å²) in [7, 11) is 0. The summed E-state index contributed by atoms with van der Waals surface area (Å²) in [6, 6.07) is 7.99. The van der Waals surface area contributed by atoms with E-state index in [4.69, 9.17) is 5.73 Å². The highest BCUT2D eigenvalue weighted by Gasteiger charge is 2.11. The van der Waals surface area contributed by atoms with Gasteiger partial charge in [0.1, 0.15) is 12.1 Å². The van der Waals surface area contributed by atoms with Crippen LogP contribution in [-0.4, -0.2) is 16.5 Å². The van der Waals surface area contributed by atoms with Crippen LogP contribution < -0.4 is 10.6 Å². The molecule has 2 aromatic rings. The Balaban J connectivity index is 2.24. The maximum Gasteiger partial charge on any atom is 0.145 e. The molecule has 5 heteroatoms. The minimum atomic E-state index is 0.798. The molecule has 0 aliphatic heterocycles. The monoisotopic (exact) mass is 368 g/mol. The van der Waals surface area contributed by atoms with Crippen molar-refractivity contribution in [2.45, 2.75) is 19.9 Å². The predicted octanol–water partition coefficient (Wildman–Crippen LogP) is 3.08. The largest absolute Gasteiger partial charge is 0.399 e. The van der Waals surface area contributed by atoms with Crippen LogP contribution in [0.25, 0.3) is 0 Å². The Labute approximate surface area is 127 Å². The Morgan fingerprint density at radius 1 is 1.37 bits per heavy atom. The number of hydrogen-bond acceptors (Lipinski definition) is 4. The first-order valence-corrected chi connectivity index (χ1v) is 7.33. The molecule has 0 saturated heterocycles. The second-order valence-electron chi connectivity index (χ2n) is 4.36. The van der Waals surface area contributed by atoms with Crippen LogP contribution >= 0.6 is 22.6 Å². The summed E-state index contributed by atoms with van der Waals surface area (Å²) < 4.78 is 1.07. The van der Waals surface area contributed by atoms with Crippen LogP contribution in [0.15, 0.2) is 36.8 Å². The van der Waals surface area contributed by atoms with Gasteiger partial charge in [0, 0.05) is 25.0 Å². The Morgan fingerprint density at radius 2 is 2.21 bits per heavy atom. The van der Waals surface area contributed by atoms with Gasteiger partial charge in [0.15, 0.2) is 0 Å². The Bertz CT molecular complexity index is 544. The minimum absolute atomic E-state index is 0.798. The molecule has 1 heterocycles. The third kappa shape index (κ3) is 3.79. The van der Waals surface area contributed by atoms with Gasteiger partial charge in [-0.15, -0.1) is 0 Å². The third-order valence-corrected chi connectivity index (χ3v) is 3.53. The van der Waals surface area contributed by atoms with E-state index in [1.165, 1.54) is 5.56 Å². The maximum atomic E-state index is 5.83. The van der Waals surface area contributed by atoms with E-state index in [9.17, 15) is 0 Å². The van der Waals surface area contributed by atoms with E-state index in [2.05, 4.69) is 50.4 Å². The predicted molar refractivity (Wildman–Crippen MR) is 86.9 cm³/mol. The molecule has 0 amide bonds. The van der Waals surface area contributed by atoms with Crippen molar-refractivity contribution in [2.24, 2.45) is 0 Å². The number of halogens is 1. The van der Waals surface area contributed by atoms with Gasteiger partial charge >= 0.3 is 0 Å². The van der Waals surface area contributed by atoms with Crippen molar-refractivity contribution in [1.29, 1.82) is 0 Å². The molecule has 0 aliphatic rings. The second kappa shape index (κ2) is 6.70. The summed E-state index contributed by atoms with van der Waals surface area (Å²) >= 11 is 2.27. The van der Waals surface area contributed by atoms with Crippen molar-refractivity contribution >= 4 is 34.1 Å². The molecule has 0 atom stereocenters. The van der Waals surface area contributed by atoms with Gasteiger partial charge in [0.2, 0.25) is 0 Å². The lowest BCUT2D eigenvalue weighted by Gasteiger charge is -2.24. The lowest BCUT2D eigenvalue weighted by molar-refractivity contribution is 0.750. The lowest BCUT2D eigenvalue weighted by atomic mass is 10.2. The van der Waals surface area contributed by atoms with Crippen molar-refractivity contribution < 1.29 is 0 Å². The fourth-order valence-electron chi connectivity index (χ4n) is 1.98. The number of nitrogens with zero attached hydrogens (tertiary/aromatic N) is 3. The molecule has 0 bridgehead atoms. The Morgan fingerprint density at radius 3 is 2.89 bits per heavy atom. The fourth-order valence-corrected chi connectivity index (χ4v) is 2.62. The van der Waals surface area contributed by atoms with E-state index < -0.39 is 0 Å². The van der Waals surface area contributed by atoms with Crippen molar-refractivity contribution in [3.63, 3.8) is 0 Å². The number of anilines is 2. The van der Waals surface area contributed by atoms with Crippen LogP contribution in [0.1, 0.15) is 18.9 Å². The highest BCUT2D eigenvalue weighted by molar-refractivity contribution is 14.1. The van der Waals surface area contributed by atoms with Gasteiger partial charge < -0.3 is 10.6 Å². The van der Waals surface area contributed by atoms with Gasteiger partial charge in [-0.3, -0.25) is 0 Å². The lowest BCUT2D eigenvalue weighted by Crippen LogP contribution is -2.25. The average molecular weight is 368 g/mol. The highest BCUT2D eigenvalue weighted by Crippen LogP contribution is 2.21. The standard InChI is InChI=1S/C14H17IN4/c1-2-6-19(14-13(15)8-17-10-18-14)9-11-4-3-5-12(16)7-11/h3-5,7-8,10H,2,6,9,16H2,1H3. The molecule has 2 N–H and O–H groups in total. The first-order valence-electron chi connectivity index (χ1n) is 6.25. The maximum absolute atomic E-state index is 5.83. The quantitative estimate of drug-likeness (QED) is 0.651. The summed E-state index contributed by atoms with van der Waals surface area (Å²) in [5.74, 6) is 0.986. The normalized spacial score (nSPS) is 10.4. The van der Waals surface area contributed by atoms with Gasteiger partial charge in [-0.25, -0.2) is 9.97 Å². The zero-order valence-corrected chi connectivity index (χ0v) is 13.0. The zero-order chi connectivity index (χ0) is 13.7. The molecule has 1 aromatic heterocycles. The smallest absolute Gasteiger partial charge is 0.145 e. The second-order valence-corrected chi connectivity index (χ2v) is 5.52. The average Bonchev–Trinajstić information content (AvgIpc) is 2.39. The number of nitrogens with two attached hydrogens (primary N) is 1. The van der Waals surface area contributed by atoms with Crippen LogP contribution in [0, 0.1) is 3.57 Å². The molecule has 0 unspecified atom stereocenters. The van der Waals surface area contributed by atoms with Gasteiger partial charge in [-0.05, 0) is 46.7 Å². The Kier molecular flexibility index (Phi) is 4.95. The summed E-state index contributed by atoms with van der Waals surface area (Å²) in [6.07, 6.45) is 4.51. The van der Waals surface area contributed by atoms with E-state index in [-0.39, 0.29) is 0 Å². The summed E-state index contributed by atoms with van der Waals surface area (Å²) in [5.41, 5.74) is 7.83. The van der Waals surface area contributed by atoms with Crippen LogP contribution in [0.2, 0.25) is 0 Å². The molecule has 0 fully saturated rings. The molecule has 4 nitrogen and oxygen atoms in total. The van der Waals surface area contributed by atoms with Crippen molar-refractivity contribution in [2.75, 3.05) is 17.2 Å². The number of aromatic nitrogens is 2.